The van der Waals surface area contributed by atoms with E-state index in [4.69, 9.17) is 10.5 Å². The van der Waals surface area contributed by atoms with Gasteiger partial charge in [-0.1, -0.05) is 24.3 Å². The van der Waals surface area contributed by atoms with Crippen molar-refractivity contribution in [2.45, 2.75) is 44.1 Å². The average Bonchev–Trinajstić information content (AvgIpc) is 3.34. The van der Waals surface area contributed by atoms with Crippen LogP contribution >= 0.6 is 0 Å². The Hall–Kier alpha value is -3.29. The van der Waals surface area contributed by atoms with Gasteiger partial charge in [0.1, 0.15) is 5.82 Å². The zero-order valence-corrected chi connectivity index (χ0v) is 21.2. The molecule has 1 amide bonds. The normalized spacial score (nSPS) is 20.6. The van der Waals surface area contributed by atoms with Crippen LogP contribution in [0.1, 0.15) is 64.7 Å². The summed E-state index contributed by atoms with van der Waals surface area (Å²) < 4.78 is 20.9. The number of hydrogen-bond acceptors (Lipinski definition) is 5. The van der Waals surface area contributed by atoms with Crippen LogP contribution in [0, 0.1) is 5.95 Å². The number of rotatable bonds is 4. The van der Waals surface area contributed by atoms with Crippen molar-refractivity contribution in [1.29, 1.82) is 0 Å². The lowest BCUT2D eigenvalue weighted by Crippen LogP contribution is -2.31. The number of ether oxygens (including phenoxy) is 1. The first-order valence-corrected chi connectivity index (χ1v) is 13.3. The first kappa shape index (κ1) is 24.1. The van der Waals surface area contributed by atoms with Gasteiger partial charge in [-0.25, -0.2) is 4.98 Å². The van der Waals surface area contributed by atoms with Gasteiger partial charge in [0, 0.05) is 42.5 Å². The molecule has 192 valence electrons. The molecule has 0 radical (unpaired) electrons. The number of likely N-dealkylation sites (tertiary alicyclic amines) is 1. The first-order chi connectivity index (χ1) is 18.0. The van der Waals surface area contributed by atoms with E-state index in [2.05, 4.69) is 34.4 Å². The number of nitrogens with two attached hydrogens (primary N) is 1. The van der Waals surface area contributed by atoms with E-state index in [0.717, 1.165) is 68.6 Å². The fourth-order valence-corrected chi connectivity index (χ4v) is 6.25. The van der Waals surface area contributed by atoms with E-state index in [1.54, 1.807) is 0 Å². The molecule has 0 aliphatic carbocycles. The van der Waals surface area contributed by atoms with Crippen LogP contribution in [0.5, 0.6) is 0 Å². The third kappa shape index (κ3) is 4.51. The predicted molar refractivity (Wildman–Crippen MR) is 143 cm³/mol. The number of nitrogens with one attached hydrogen (secondary N) is 1. The Labute approximate surface area is 217 Å². The van der Waals surface area contributed by atoms with Crippen LogP contribution < -0.4 is 11.1 Å². The minimum atomic E-state index is -0.567. The smallest absolute Gasteiger partial charge is 0.251 e. The van der Waals surface area contributed by atoms with Crippen LogP contribution in [0.4, 0.5) is 10.2 Å². The summed E-state index contributed by atoms with van der Waals surface area (Å²) in [6.45, 7) is 3.25. The van der Waals surface area contributed by atoms with Crippen LogP contribution in [0.25, 0.3) is 22.3 Å². The summed E-state index contributed by atoms with van der Waals surface area (Å²) in [6.07, 6.45) is 5.05. The molecule has 2 fully saturated rings. The van der Waals surface area contributed by atoms with E-state index in [-0.39, 0.29) is 11.7 Å². The van der Waals surface area contributed by atoms with E-state index in [0.29, 0.717) is 35.2 Å². The van der Waals surface area contributed by atoms with Gasteiger partial charge in [-0.15, -0.1) is 0 Å². The topological polar surface area (TPSA) is 80.5 Å². The Morgan fingerprint density at radius 3 is 2.57 bits per heavy atom. The summed E-state index contributed by atoms with van der Waals surface area (Å²) in [5, 5.41) is 2.87. The van der Waals surface area contributed by atoms with Crippen molar-refractivity contribution < 1.29 is 13.9 Å². The molecule has 2 saturated heterocycles. The fourth-order valence-electron chi connectivity index (χ4n) is 6.25. The molecule has 2 aromatic carbocycles. The maximum atomic E-state index is 15.3. The van der Waals surface area contributed by atoms with Crippen molar-refractivity contribution in [3.05, 3.63) is 70.7 Å². The zero-order valence-electron chi connectivity index (χ0n) is 21.2. The molecule has 3 aliphatic rings. The molecule has 3 aromatic rings. The van der Waals surface area contributed by atoms with Gasteiger partial charge in [-0.2, -0.15) is 4.39 Å². The third-order valence-electron chi connectivity index (χ3n) is 8.28. The molecular formula is C30H33FN4O2. The second-order valence-corrected chi connectivity index (χ2v) is 10.5. The highest BCUT2D eigenvalue weighted by atomic mass is 19.1. The quantitative estimate of drug-likeness (QED) is 0.488. The van der Waals surface area contributed by atoms with Crippen LogP contribution in [-0.2, 0) is 11.2 Å². The molecule has 1 atom stereocenters. The largest absolute Gasteiger partial charge is 0.383 e. The third-order valence-corrected chi connectivity index (χ3v) is 8.28. The molecule has 0 bridgehead atoms. The molecule has 3 N–H and O–H groups in total. The maximum absolute atomic E-state index is 15.3. The van der Waals surface area contributed by atoms with Crippen molar-refractivity contribution in [3.63, 3.8) is 0 Å². The van der Waals surface area contributed by atoms with E-state index >= 15 is 4.39 Å². The Morgan fingerprint density at radius 1 is 1.00 bits per heavy atom. The Morgan fingerprint density at radius 2 is 1.78 bits per heavy atom. The van der Waals surface area contributed by atoms with Crippen LogP contribution in [0.2, 0.25) is 0 Å². The van der Waals surface area contributed by atoms with Gasteiger partial charge in [0.25, 0.3) is 5.91 Å². The Balaban J connectivity index is 1.43. The summed E-state index contributed by atoms with van der Waals surface area (Å²) in [6, 6.07) is 14.2. The van der Waals surface area contributed by atoms with Crippen LogP contribution in [0.3, 0.4) is 0 Å². The molecule has 3 aliphatic heterocycles. The van der Waals surface area contributed by atoms with Gasteiger partial charge in [0.05, 0.1) is 0 Å². The Kier molecular flexibility index (Phi) is 6.42. The van der Waals surface area contributed by atoms with E-state index < -0.39 is 5.95 Å². The molecule has 1 aromatic heterocycles. The van der Waals surface area contributed by atoms with Gasteiger partial charge in [-0.3, -0.25) is 9.69 Å². The molecule has 0 saturated carbocycles. The molecule has 37 heavy (non-hydrogen) atoms. The number of amides is 1. The van der Waals surface area contributed by atoms with Crippen LogP contribution in [-0.4, -0.2) is 49.1 Å². The summed E-state index contributed by atoms with van der Waals surface area (Å²) in [5.74, 6) is -0.0173. The summed E-state index contributed by atoms with van der Waals surface area (Å²) in [7, 11) is 2.18. The first-order valence-electron chi connectivity index (χ1n) is 13.3. The minimum absolute atomic E-state index is 0.0623. The number of fused-ring (bicyclic) bond motifs is 1. The number of carbonyl (C=O) groups is 1. The highest BCUT2D eigenvalue weighted by molar-refractivity contribution is 5.97. The number of anilines is 1. The van der Waals surface area contributed by atoms with Crippen molar-refractivity contribution in [3.8, 4) is 22.3 Å². The molecule has 0 spiro atoms. The van der Waals surface area contributed by atoms with Crippen molar-refractivity contribution >= 4 is 11.7 Å². The van der Waals surface area contributed by atoms with Gasteiger partial charge in [-0.05, 0) is 97.6 Å². The highest BCUT2D eigenvalue weighted by Gasteiger charge is 2.29. The number of carbonyl (C=O) groups excluding carboxylic acids is 1. The highest BCUT2D eigenvalue weighted by Crippen LogP contribution is 2.41. The minimum Gasteiger partial charge on any atom is -0.383 e. The van der Waals surface area contributed by atoms with Crippen molar-refractivity contribution in [1.82, 2.24) is 15.2 Å². The maximum Gasteiger partial charge on any atom is 0.251 e. The van der Waals surface area contributed by atoms with Crippen molar-refractivity contribution in [2.75, 3.05) is 39.1 Å². The van der Waals surface area contributed by atoms with E-state index in [1.165, 1.54) is 11.1 Å². The number of benzene rings is 2. The SMILES string of the molecule is CN1CCC[C@H]1c1cc(-c2cc(-c3ccc4c(c3)CCNC4=O)c(N)nc2F)ccc1C1CCOCC1. The molecule has 6 rings (SSSR count). The lowest BCUT2D eigenvalue weighted by atomic mass is 9.83. The Bertz CT molecular complexity index is 1350. The van der Waals surface area contributed by atoms with Gasteiger partial charge in [0.2, 0.25) is 5.95 Å². The number of nitrogen functional groups attached to an aromatic ring is 1. The van der Waals surface area contributed by atoms with Gasteiger partial charge >= 0.3 is 0 Å². The number of halogens is 1. The lowest BCUT2D eigenvalue weighted by Gasteiger charge is -2.29. The number of nitrogens with zero attached hydrogens (tertiary/aromatic N) is 2. The van der Waals surface area contributed by atoms with Gasteiger partial charge in [0.15, 0.2) is 0 Å². The molecule has 4 heterocycles. The van der Waals surface area contributed by atoms with E-state index in [1.807, 2.05) is 30.3 Å². The second-order valence-electron chi connectivity index (χ2n) is 10.5. The summed E-state index contributed by atoms with van der Waals surface area (Å²) in [5.41, 5.74) is 13.3. The molecular weight excluding hydrogens is 467 g/mol. The lowest BCUT2D eigenvalue weighted by molar-refractivity contribution is 0.0849. The second kappa shape index (κ2) is 9.88. The molecule has 6 nitrogen and oxygen atoms in total. The number of aromatic nitrogens is 1. The molecule has 7 heteroatoms. The van der Waals surface area contributed by atoms with Gasteiger partial charge < -0.3 is 15.8 Å². The molecule has 0 unspecified atom stereocenters. The zero-order chi connectivity index (χ0) is 25.5. The monoisotopic (exact) mass is 500 g/mol. The standard InChI is InChI=1S/C30H33FN4O2/c1-35-12-2-3-27(35)26-16-20(4-6-22(26)18-9-13-37-14-10-18)24-17-25(29(32)34-28(24)31)19-5-7-23-21(15-19)8-11-33-30(23)36/h4-7,15-18,27H,2-3,8-14H2,1H3,(H2,32,34)(H,33,36)/t27-/m0/s1. The fraction of sp³-hybridized carbons (Fsp3) is 0.400. The van der Waals surface area contributed by atoms with Crippen LogP contribution in [0.15, 0.2) is 42.5 Å². The predicted octanol–water partition coefficient (Wildman–Crippen LogP) is 5.08. The van der Waals surface area contributed by atoms with Crippen molar-refractivity contribution in [2.24, 2.45) is 0 Å². The number of pyridine rings is 1. The summed E-state index contributed by atoms with van der Waals surface area (Å²) in [4.78, 5) is 18.7. The summed E-state index contributed by atoms with van der Waals surface area (Å²) >= 11 is 0. The average molecular weight is 501 g/mol. The number of hydrogen-bond donors (Lipinski definition) is 2. The van der Waals surface area contributed by atoms with E-state index in [9.17, 15) is 4.79 Å².